The van der Waals surface area contributed by atoms with Gasteiger partial charge in [-0.1, -0.05) is 29.8 Å². The van der Waals surface area contributed by atoms with E-state index in [1.807, 2.05) is 12.1 Å². The SMILES string of the molecule is COCCOC[C@@H]1CC/C=C\[C@@H](O)[C@@H]2CC[C@H]2CN2C[C@@]3(CCCc4cc(Cl)ccc43)COc3ccc(cc32)C(=O)NS1(=O)=O. The Morgan fingerprint density at radius 3 is 2.82 bits per heavy atom. The van der Waals surface area contributed by atoms with Gasteiger partial charge < -0.3 is 24.2 Å². The van der Waals surface area contributed by atoms with Gasteiger partial charge in [0.2, 0.25) is 10.0 Å². The third-order valence-corrected chi connectivity index (χ3v) is 12.0. The van der Waals surface area contributed by atoms with Crippen molar-refractivity contribution in [3.8, 4) is 5.75 Å². The number of sulfonamides is 1. The fraction of sp³-hybridized carbons (Fsp3) is 0.559. The van der Waals surface area contributed by atoms with Crippen LogP contribution in [0.5, 0.6) is 5.75 Å². The first kappa shape index (κ1) is 32.3. The molecule has 2 aliphatic heterocycles. The second-order valence-electron chi connectivity index (χ2n) is 13.0. The number of allylic oxidation sites excluding steroid dienone is 1. The van der Waals surface area contributed by atoms with E-state index >= 15 is 0 Å². The Labute approximate surface area is 270 Å². The van der Waals surface area contributed by atoms with Crippen molar-refractivity contribution in [2.75, 3.05) is 51.5 Å². The van der Waals surface area contributed by atoms with Crippen LogP contribution in [-0.4, -0.2) is 77.4 Å². The highest BCUT2D eigenvalue weighted by molar-refractivity contribution is 7.90. The second kappa shape index (κ2) is 13.6. The molecule has 1 spiro atoms. The first-order chi connectivity index (χ1) is 21.7. The molecule has 2 N–H and O–H groups in total. The third-order valence-electron chi connectivity index (χ3n) is 10.1. The molecule has 2 bridgehead atoms. The summed E-state index contributed by atoms with van der Waals surface area (Å²) in [6.07, 6.45) is 8.55. The first-order valence-corrected chi connectivity index (χ1v) is 17.9. The highest BCUT2D eigenvalue weighted by atomic mass is 35.5. The van der Waals surface area contributed by atoms with Crippen molar-refractivity contribution in [2.45, 2.75) is 61.7 Å². The van der Waals surface area contributed by atoms with Gasteiger partial charge in [-0.15, -0.1) is 0 Å². The normalized spacial score (nSPS) is 30.2. The van der Waals surface area contributed by atoms with Crippen LogP contribution in [0.4, 0.5) is 5.69 Å². The number of benzene rings is 2. The zero-order valence-corrected chi connectivity index (χ0v) is 27.3. The average Bonchev–Trinajstić information content (AvgIpc) is 3.14. The Bertz CT molecular complexity index is 1530. The number of methoxy groups -OCH3 is 1. The first-order valence-electron chi connectivity index (χ1n) is 16.0. The summed E-state index contributed by atoms with van der Waals surface area (Å²) in [6.45, 7) is 2.35. The van der Waals surface area contributed by atoms with Crippen LogP contribution in [0.1, 0.15) is 60.0 Å². The third kappa shape index (κ3) is 6.90. The molecular weight excluding hydrogens is 616 g/mol. The van der Waals surface area contributed by atoms with Crippen LogP contribution >= 0.6 is 11.6 Å². The van der Waals surface area contributed by atoms with Gasteiger partial charge in [0.15, 0.2) is 0 Å². The summed E-state index contributed by atoms with van der Waals surface area (Å²) in [5.41, 5.74) is 3.21. The zero-order valence-electron chi connectivity index (χ0n) is 25.8. The Hall–Kier alpha value is -2.63. The van der Waals surface area contributed by atoms with Gasteiger partial charge in [0.25, 0.3) is 5.91 Å². The number of hydrogen-bond donors (Lipinski definition) is 2. The Morgan fingerprint density at radius 2 is 2.02 bits per heavy atom. The van der Waals surface area contributed by atoms with Crippen LogP contribution in [0.2, 0.25) is 5.02 Å². The number of nitrogens with one attached hydrogen (secondary N) is 1. The van der Waals surface area contributed by atoms with E-state index in [1.54, 1.807) is 31.4 Å². The summed E-state index contributed by atoms with van der Waals surface area (Å²) in [4.78, 5) is 15.8. The number of fused-ring (bicyclic) bond motifs is 4. The van der Waals surface area contributed by atoms with Gasteiger partial charge in [-0.05, 0) is 98.2 Å². The quantitative estimate of drug-likeness (QED) is 0.353. The summed E-state index contributed by atoms with van der Waals surface area (Å²) in [5.74, 6) is 0.331. The van der Waals surface area contributed by atoms with Crippen molar-refractivity contribution in [3.05, 3.63) is 70.3 Å². The lowest BCUT2D eigenvalue weighted by Gasteiger charge is -2.45. The maximum Gasteiger partial charge on any atom is 0.264 e. The molecule has 0 radical (unpaired) electrons. The molecule has 2 aliphatic carbocycles. The molecule has 1 saturated carbocycles. The molecule has 11 heteroatoms. The molecule has 4 aliphatic rings. The Balaban J connectivity index is 1.36. The van der Waals surface area contributed by atoms with E-state index in [-0.39, 0.29) is 42.4 Å². The van der Waals surface area contributed by atoms with Crippen molar-refractivity contribution in [3.63, 3.8) is 0 Å². The largest absolute Gasteiger partial charge is 0.490 e. The van der Waals surface area contributed by atoms with Crippen LogP contribution in [-0.2, 0) is 31.3 Å². The molecule has 0 saturated heterocycles. The molecule has 1 fully saturated rings. The second-order valence-corrected chi connectivity index (χ2v) is 15.3. The lowest BCUT2D eigenvalue weighted by molar-refractivity contribution is 0.0456. The number of aryl methyl sites for hydroxylation is 1. The number of carbonyl (C=O) groups is 1. The van der Waals surface area contributed by atoms with Crippen LogP contribution < -0.4 is 14.4 Å². The summed E-state index contributed by atoms with van der Waals surface area (Å²) in [5, 5.41) is 10.9. The summed E-state index contributed by atoms with van der Waals surface area (Å²) in [6, 6.07) is 11.3. The standard InChI is InChI=1S/C34H43ClN2O7S/c1-42-15-16-43-20-27-6-2-3-7-31(38)28-11-8-25(28)19-37-21-34(14-4-5-23-17-26(35)10-12-29(23)34)22-44-32-13-9-24(18-30(32)37)33(39)36-45(27,40)41/h3,7,9-10,12-13,17-18,25,27-28,31,38H,2,4-6,8,11,14-16,19-22H2,1H3,(H,36,39)/b7-3-/t25-,27-,28+,31+,34-/m0/s1. The van der Waals surface area contributed by atoms with Crippen LogP contribution in [0, 0.1) is 11.8 Å². The molecule has 0 aromatic heterocycles. The lowest BCUT2D eigenvalue weighted by atomic mass is 9.68. The highest BCUT2D eigenvalue weighted by Gasteiger charge is 2.44. The van der Waals surface area contributed by atoms with E-state index < -0.39 is 27.3 Å². The monoisotopic (exact) mass is 658 g/mol. The lowest BCUT2D eigenvalue weighted by Crippen LogP contribution is -2.49. The molecule has 2 heterocycles. The van der Waals surface area contributed by atoms with Gasteiger partial charge in [-0.3, -0.25) is 4.79 Å². The number of ether oxygens (including phenoxy) is 3. The van der Waals surface area contributed by atoms with E-state index in [0.717, 1.165) is 42.8 Å². The van der Waals surface area contributed by atoms with Gasteiger partial charge in [-0.25, -0.2) is 13.1 Å². The van der Waals surface area contributed by atoms with Crippen molar-refractivity contribution in [2.24, 2.45) is 11.8 Å². The van der Waals surface area contributed by atoms with Crippen molar-refractivity contribution in [1.29, 1.82) is 0 Å². The van der Waals surface area contributed by atoms with E-state index in [2.05, 4.69) is 21.8 Å². The summed E-state index contributed by atoms with van der Waals surface area (Å²) >= 11 is 6.40. The van der Waals surface area contributed by atoms with Gasteiger partial charge in [-0.2, -0.15) is 0 Å². The maximum absolute atomic E-state index is 13.5. The molecule has 45 heavy (non-hydrogen) atoms. The minimum atomic E-state index is -4.08. The van der Waals surface area contributed by atoms with E-state index in [0.29, 0.717) is 38.5 Å². The average molecular weight is 659 g/mol. The van der Waals surface area contributed by atoms with Crippen molar-refractivity contribution < 1.29 is 32.5 Å². The van der Waals surface area contributed by atoms with Gasteiger partial charge in [0, 0.05) is 36.2 Å². The summed E-state index contributed by atoms with van der Waals surface area (Å²) in [7, 11) is -2.53. The van der Waals surface area contributed by atoms with Gasteiger partial charge >= 0.3 is 0 Å². The molecule has 2 aromatic carbocycles. The molecule has 2 aromatic rings. The molecule has 5 atom stereocenters. The van der Waals surface area contributed by atoms with E-state index in [1.165, 1.54) is 11.1 Å². The number of rotatable bonds is 5. The fourth-order valence-corrected chi connectivity index (χ4v) is 8.89. The minimum Gasteiger partial charge on any atom is -0.490 e. The number of anilines is 1. The maximum atomic E-state index is 13.5. The number of amides is 1. The van der Waals surface area contributed by atoms with Gasteiger partial charge in [0.05, 0.1) is 38.2 Å². The molecule has 9 nitrogen and oxygen atoms in total. The van der Waals surface area contributed by atoms with E-state index in [9.17, 15) is 18.3 Å². The summed E-state index contributed by atoms with van der Waals surface area (Å²) < 4.78 is 46.4. The minimum absolute atomic E-state index is 0.0758. The number of carbonyl (C=O) groups excluding carboxylic acids is 1. The Morgan fingerprint density at radius 1 is 1.16 bits per heavy atom. The topological polar surface area (TPSA) is 114 Å². The van der Waals surface area contributed by atoms with Gasteiger partial charge in [0.1, 0.15) is 11.0 Å². The van der Waals surface area contributed by atoms with Crippen LogP contribution in [0.25, 0.3) is 0 Å². The van der Waals surface area contributed by atoms with E-state index in [4.69, 9.17) is 25.8 Å². The Kier molecular flexibility index (Phi) is 9.78. The van der Waals surface area contributed by atoms with Crippen LogP contribution in [0.15, 0.2) is 48.6 Å². The fourth-order valence-electron chi connectivity index (χ4n) is 7.43. The predicted molar refractivity (Wildman–Crippen MR) is 174 cm³/mol. The van der Waals surface area contributed by atoms with Crippen molar-refractivity contribution in [1.82, 2.24) is 4.72 Å². The van der Waals surface area contributed by atoms with Crippen LogP contribution in [0.3, 0.4) is 0 Å². The molecule has 0 unspecified atom stereocenters. The predicted octanol–water partition coefficient (Wildman–Crippen LogP) is 4.64. The molecular formula is C34H43ClN2O7S. The number of nitrogens with zero attached hydrogens (tertiary/aromatic N) is 1. The highest BCUT2D eigenvalue weighted by Crippen LogP contribution is 2.46. The number of hydrogen-bond acceptors (Lipinski definition) is 8. The number of aliphatic hydroxyl groups excluding tert-OH is 1. The van der Waals surface area contributed by atoms with Crippen molar-refractivity contribution >= 4 is 33.2 Å². The zero-order chi connectivity index (χ0) is 31.6. The molecule has 1 amide bonds. The number of aliphatic hydroxyl groups is 1. The smallest absolute Gasteiger partial charge is 0.264 e. The molecule has 244 valence electrons. The molecule has 6 rings (SSSR count). The number of halogens is 1.